The number of thioether (sulfide) groups is 2. The molecule has 0 aromatic heterocycles. The van der Waals surface area contributed by atoms with Crippen LogP contribution in [0.4, 0.5) is 0 Å². The van der Waals surface area contributed by atoms with E-state index in [1.807, 2.05) is 23.5 Å². The second-order valence-electron chi connectivity index (χ2n) is 5.55. The molecule has 0 bridgehead atoms. The molecule has 0 spiro atoms. The minimum atomic E-state index is 0.250. The average molecular weight is 260 g/mol. The highest BCUT2D eigenvalue weighted by Gasteiger charge is 2.56. The Morgan fingerprint density at radius 3 is 1.82 bits per heavy atom. The Hall–Kier alpha value is -0.340. The van der Waals surface area contributed by atoms with E-state index >= 15 is 0 Å². The Bertz CT molecular complexity index is 487. The molecule has 0 nitrogen and oxygen atoms in total. The Labute approximate surface area is 111 Å². The number of allylic oxidation sites excluding steroid dienone is 4. The molecule has 0 saturated heterocycles. The average Bonchev–Trinajstić information content (AvgIpc) is 2.94. The van der Waals surface area contributed by atoms with Crippen molar-refractivity contribution in [3.8, 4) is 0 Å². The van der Waals surface area contributed by atoms with Gasteiger partial charge < -0.3 is 0 Å². The maximum atomic E-state index is 2.44. The molecule has 1 fully saturated rings. The van der Waals surface area contributed by atoms with Gasteiger partial charge >= 0.3 is 0 Å². The normalized spacial score (nSPS) is 42.2. The molecule has 0 N–H and O–H groups in total. The minimum absolute atomic E-state index is 0.250. The molecule has 0 amide bonds. The predicted molar refractivity (Wildman–Crippen MR) is 78.2 cm³/mol. The van der Waals surface area contributed by atoms with Gasteiger partial charge in [-0.05, 0) is 66.2 Å². The van der Waals surface area contributed by atoms with Crippen LogP contribution in [-0.4, -0.2) is 9.49 Å². The van der Waals surface area contributed by atoms with Gasteiger partial charge in [0.05, 0.1) is 9.49 Å². The van der Waals surface area contributed by atoms with E-state index in [2.05, 4.69) is 36.8 Å². The minimum Gasteiger partial charge on any atom is -0.121 e. The third-order valence-electron chi connectivity index (χ3n) is 4.88. The quantitative estimate of drug-likeness (QED) is 0.612. The molecule has 0 radical (unpaired) electrons. The lowest BCUT2D eigenvalue weighted by molar-refractivity contribution is 0.607. The van der Waals surface area contributed by atoms with Gasteiger partial charge in [0.25, 0.3) is 0 Å². The fourth-order valence-corrected chi connectivity index (χ4v) is 6.32. The second-order valence-corrected chi connectivity index (χ2v) is 8.19. The van der Waals surface area contributed by atoms with Gasteiger partial charge in [-0.15, -0.1) is 23.5 Å². The Morgan fingerprint density at radius 1 is 0.882 bits per heavy atom. The van der Waals surface area contributed by atoms with E-state index in [1.165, 1.54) is 19.3 Å². The highest BCUT2D eigenvalue weighted by molar-refractivity contribution is 8.08. The predicted octanol–water partition coefficient (Wildman–Crippen LogP) is 4.82. The summed E-state index contributed by atoms with van der Waals surface area (Å²) >= 11 is 4.04. The SMILES string of the molecule is CC12SC=CC1=C1CCCC1=C1C=CSC12C. The van der Waals surface area contributed by atoms with Crippen molar-refractivity contribution in [2.45, 2.75) is 42.6 Å². The molecule has 88 valence electrons. The van der Waals surface area contributed by atoms with Gasteiger partial charge in [0.15, 0.2) is 0 Å². The van der Waals surface area contributed by atoms with Crippen molar-refractivity contribution < 1.29 is 0 Å². The van der Waals surface area contributed by atoms with Gasteiger partial charge in [-0.25, -0.2) is 0 Å². The third-order valence-corrected chi connectivity index (χ3v) is 7.76. The van der Waals surface area contributed by atoms with Crippen molar-refractivity contribution in [2.75, 3.05) is 0 Å². The summed E-state index contributed by atoms with van der Waals surface area (Å²) in [4.78, 5) is 0. The maximum absolute atomic E-state index is 2.44. The van der Waals surface area contributed by atoms with E-state index in [9.17, 15) is 0 Å². The third kappa shape index (κ3) is 1.05. The molecular formula is C15H16S2. The molecule has 2 heteroatoms. The number of fused-ring (bicyclic) bond motifs is 4. The van der Waals surface area contributed by atoms with E-state index in [-0.39, 0.29) is 9.49 Å². The summed E-state index contributed by atoms with van der Waals surface area (Å²) in [6.07, 6.45) is 8.70. The van der Waals surface area contributed by atoms with Crippen LogP contribution >= 0.6 is 23.5 Å². The summed E-state index contributed by atoms with van der Waals surface area (Å²) in [7, 11) is 0. The van der Waals surface area contributed by atoms with Crippen molar-refractivity contribution >= 4 is 23.5 Å². The molecule has 1 saturated carbocycles. The molecule has 2 heterocycles. The molecule has 17 heavy (non-hydrogen) atoms. The van der Waals surface area contributed by atoms with Crippen LogP contribution in [0.2, 0.25) is 0 Å². The molecule has 0 aromatic carbocycles. The smallest absolute Gasteiger partial charge is 0.0612 e. The number of hydrogen-bond donors (Lipinski definition) is 0. The summed E-state index contributed by atoms with van der Waals surface area (Å²) in [6.45, 7) is 4.88. The fraction of sp³-hybridized carbons (Fsp3) is 0.467. The molecule has 2 atom stereocenters. The van der Waals surface area contributed by atoms with Crippen LogP contribution in [0, 0.1) is 0 Å². The summed E-state index contributed by atoms with van der Waals surface area (Å²) in [5, 5.41) is 4.62. The van der Waals surface area contributed by atoms with E-state index in [0.717, 1.165) is 0 Å². The van der Waals surface area contributed by atoms with Crippen LogP contribution in [0.1, 0.15) is 33.1 Å². The van der Waals surface area contributed by atoms with E-state index in [4.69, 9.17) is 0 Å². The molecule has 4 aliphatic rings. The lowest BCUT2D eigenvalue weighted by atomic mass is 9.72. The van der Waals surface area contributed by atoms with Crippen LogP contribution in [0.5, 0.6) is 0 Å². The van der Waals surface area contributed by atoms with Crippen molar-refractivity contribution in [1.82, 2.24) is 0 Å². The zero-order valence-corrected chi connectivity index (χ0v) is 11.9. The van der Waals surface area contributed by atoms with Crippen molar-refractivity contribution in [3.05, 3.63) is 45.3 Å². The first-order chi connectivity index (χ1) is 8.17. The van der Waals surface area contributed by atoms with Gasteiger partial charge in [-0.2, -0.15) is 0 Å². The molecule has 2 unspecified atom stereocenters. The van der Waals surface area contributed by atoms with Crippen LogP contribution < -0.4 is 0 Å². The first-order valence-corrected chi connectivity index (χ1v) is 8.09. The molecule has 4 rings (SSSR count). The van der Waals surface area contributed by atoms with Gasteiger partial charge in [-0.3, -0.25) is 0 Å². The monoisotopic (exact) mass is 260 g/mol. The summed E-state index contributed by atoms with van der Waals surface area (Å²) < 4.78 is 0.499. The Kier molecular flexibility index (Phi) is 1.96. The van der Waals surface area contributed by atoms with E-state index in [0.29, 0.717) is 0 Å². The molecule has 2 aliphatic carbocycles. The van der Waals surface area contributed by atoms with Crippen molar-refractivity contribution in [1.29, 1.82) is 0 Å². The zero-order chi connectivity index (χ0) is 11.7. The summed E-state index contributed by atoms with van der Waals surface area (Å²) in [5.41, 5.74) is 6.59. The first kappa shape index (κ1) is 10.6. The zero-order valence-electron chi connectivity index (χ0n) is 10.2. The molecular weight excluding hydrogens is 244 g/mol. The van der Waals surface area contributed by atoms with E-state index < -0.39 is 0 Å². The second kappa shape index (κ2) is 3.16. The van der Waals surface area contributed by atoms with Gasteiger partial charge in [0.2, 0.25) is 0 Å². The summed E-state index contributed by atoms with van der Waals surface area (Å²) in [6, 6.07) is 0. The van der Waals surface area contributed by atoms with Crippen LogP contribution in [-0.2, 0) is 0 Å². The summed E-state index contributed by atoms with van der Waals surface area (Å²) in [5.74, 6) is 0. The lowest BCUT2D eigenvalue weighted by Gasteiger charge is -2.46. The maximum Gasteiger partial charge on any atom is 0.0612 e. The Balaban J connectivity index is 2.06. The number of hydrogen-bond acceptors (Lipinski definition) is 2. The van der Waals surface area contributed by atoms with Gasteiger partial charge in [0, 0.05) is 0 Å². The molecule has 0 aromatic rings. The standard InChI is InChI=1S/C15H16S2/c1-14-12(6-8-16-14)10-4-3-5-11(10)13-7-9-17-15(13,14)2/h6-9H,3-5H2,1-2H3. The van der Waals surface area contributed by atoms with E-state index in [1.54, 1.807) is 22.3 Å². The largest absolute Gasteiger partial charge is 0.121 e. The Morgan fingerprint density at radius 2 is 1.35 bits per heavy atom. The molecule has 2 aliphatic heterocycles. The van der Waals surface area contributed by atoms with Gasteiger partial charge in [0.1, 0.15) is 0 Å². The number of rotatable bonds is 0. The first-order valence-electron chi connectivity index (χ1n) is 6.33. The van der Waals surface area contributed by atoms with Crippen molar-refractivity contribution in [2.24, 2.45) is 0 Å². The van der Waals surface area contributed by atoms with Crippen LogP contribution in [0.15, 0.2) is 45.3 Å². The lowest BCUT2D eigenvalue weighted by Crippen LogP contribution is -2.47. The topological polar surface area (TPSA) is 0 Å². The van der Waals surface area contributed by atoms with Gasteiger partial charge in [-0.1, -0.05) is 12.2 Å². The fourth-order valence-electron chi connectivity index (χ4n) is 3.78. The van der Waals surface area contributed by atoms with Crippen molar-refractivity contribution in [3.63, 3.8) is 0 Å². The highest BCUT2D eigenvalue weighted by Crippen LogP contribution is 2.65. The van der Waals surface area contributed by atoms with Crippen LogP contribution in [0.3, 0.4) is 0 Å². The van der Waals surface area contributed by atoms with Crippen LogP contribution in [0.25, 0.3) is 0 Å². The highest BCUT2D eigenvalue weighted by atomic mass is 32.2.